The zero-order chi connectivity index (χ0) is 11.3. The highest BCUT2D eigenvalue weighted by Crippen LogP contribution is 2.07. The van der Waals surface area contributed by atoms with Crippen molar-refractivity contribution in [2.75, 3.05) is 0 Å². The van der Waals surface area contributed by atoms with E-state index in [0.29, 0.717) is 5.56 Å². The molecule has 76 valence electrons. The maximum atomic E-state index is 12.9. The smallest absolute Gasteiger partial charge is 0.332 e. The van der Waals surface area contributed by atoms with Gasteiger partial charge in [-0.25, -0.2) is 14.6 Å². The van der Waals surface area contributed by atoms with Crippen LogP contribution in [-0.2, 0) is 0 Å². The summed E-state index contributed by atoms with van der Waals surface area (Å²) in [5, 5.41) is 3.51. The van der Waals surface area contributed by atoms with E-state index in [1.165, 1.54) is 24.4 Å². The summed E-state index contributed by atoms with van der Waals surface area (Å²) in [7, 11) is 0. The molecule has 1 aromatic carbocycles. The van der Waals surface area contributed by atoms with E-state index in [-0.39, 0.29) is 5.56 Å². The Morgan fingerprint density at radius 3 is 3.00 bits per heavy atom. The van der Waals surface area contributed by atoms with Crippen molar-refractivity contribution in [1.82, 2.24) is 5.43 Å². The Bertz CT molecular complexity index is 448. The molecule has 4 nitrogen and oxygen atoms in total. The number of nitrogens with one attached hydrogen (secondary N) is 1. The third-order valence-corrected chi connectivity index (χ3v) is 1.53. The van der Waals surface area contributed by atoms with Crippen molar-refractivity contribution >= 4 is 12.2 Å². The van der Waals surface area contributed by atoms with Gasteiger partial charge in [-0.3, -0.25) is 0 Å². The minimum Gasteiger partial charge on any atom is -0.350 e. The first-order valence-corrected chi connectivity index (χ1v) is 3.98. The van der Waals surface area contributed by atoms with Gasteiger partial charge in [0.1, 0.15) is 5.82 Å². The highest BCUT2D eigenvalue weighted by Gasteiger charge is 1.98. The molecule has 0 fully saturated rings. The number of hydrogen-bond donors (Lipinski definition) is 2. The third kappa shape index (κ3) is 3.12. The normalized spacial score (nSPS) is 9.87. The molecule has 0 unspecified atom stereocenters. The molecule has 0 aromatic heterocycles. The fraction of sp³-hybridized carbons (Fsp3) is 0. The van der Waals surface area contributed by atoms with E-state index in [1.807, 2.05) is 5.43 Å². The van der Waals surface area contributed by atoms with Gasteiger partial charge in [0.2, 0.25) is 0 Å². The molecule has 0 spiro atoms. The summed E-state index contributed by atoms with van der Waals surface area (Å²) < 4.78 is 12.9. The predicted octanol–water partition coefficient (Wildman–Crippen LogP) is 0.809. The molecule has 0 aliphatic heterocycles. The average Bonchev–Trinajstić information content (AvgIpc) is 2.20. The Balaban J connectivity index is 2.84. The van der Waals surface area contributed by atoms with Gasteiger partial charge >= 0.3 is 6.03 Å². The number of rotatable bonds is 2. The first-order chi connectivity index (χ1) is 7.13. The molecule has 1 aromatic rings. The molecule has 0 aliphatic rings. The van der Waals surface area contributed by atoms with Gasteiger partial charge in [0.15, 0.2) is 0 Å². The van der Waals surface area contributed by atoms with E-state index in [1.54, 1.807) is 0 Å². The van der Waals surface area contributed by atoms with Crippen molar-refractivity contribution in [2.45, 2.75) is 0 Å². The Morgan fingerprint density at radius 2 is 2.40 bits per heavy atom. The molecule has 1 rings (SSSR count). The van der Waals surface area contributed by atoms with Crippen LogP contribution in [0.15, 0.2) is 23.3 Å². The van der Waals surface area contributed by atoms with Crippen molar-refractivity contribution in [3.05, 3.63) is 35.1 Å². The van der Waals surface area contributed by atoms with E-state index < -0.39 is 11.8 Å². The number of halogens is 1. The van der Waals surface area contributed by atoms with Gasteiger partial charge in [-0.15, -0.1) is 6.42 Å². The minimum absolute atomic E-state index is 0.137. The van der Waals surface area contributed by atoms with E-state index in [9.17, 15) is 9.18 Å². The van der Waals surface area contributed by atoms with Gasteiger partial charge in [0.25, 0.3) is 0 Å². The standard InChI is InChI=1S/C10H8FN3O/c1-2-8-5-7(3-4-9(8)11)6-13-14-10(12)15/h1,3-6H,(H3,12,14,15). The lowest BCUT2D eigenvalue weighted by atomic mass is 10.1. The van der Waals surface area contributed by atoms with Crippen LogP contribution < -0.4 is 11.2 Å². The SMILES string of the molecule is C#Cc1cc(C=NNC(N)=O)ccc1F. The van der Waals surface area contributed by atoms with E-state index >= 15 is 0 Å². The van der Waals surface area contributed by atoms with Crippen LogP contribution in [0.4, 0.5) is 9.18 Å². The lowest BCUT2D eigenvalue weighted by Gasteiger charge is -1.96. The number of carbonyl (C=O) groups is 1. The van der Waals surface area contributed by atoms with E-state index in [0.717, 1.165) is 0 Å². The first kappa shape index (κ1) is 10.7. The van der Waals surface area contributed by atoms with Crippen LogP contribution in [0.2, 0.25) is 0 Å². The molecule has 0 radical (unpaired) electrons. The zero-order valence-electron chi connectivity index (χ0n) is 7.70. The summed E-state index contributed by atoms with van der Waals surface area (Å²) in [6, 6.07) is 3.36. The second-order valence-corrected chi connectivity index (χ2v) is 2.62. The topological polar surface area (TPSA) is 67.5 Å². The summed E-state index contributed by atoms with van der Waals surface area (Å²) in [6.45, 7) is 0. The number of benzene rings is 1. The second-order valence-electron chi connectivity index (χ2n) is 2.62. The summed E-state index contributed by atoms with van der Waals surface area (Å²) in [6.07, 6.45) is 6.38. The van der Waals surface area contributed by atoms with Gasteiger partial charge in [0.05, 0.1) is 11.8 Å². The van der Waals surface area contributed by atoms with Crippen molar-refractivity contribution in [1.29, 1.82) is 0 Å². The Hall–Kier alpha value is -2.35. The number of amides is 2. The molecule has 2 amide bonds. The maximum Gasteiger partial charge on any atom is 0.332 e. The van der Waals surface area contributed by atoms with Crippen molar-refractivity contribution in [2.24, 2.45) is 10.8 Å². The Labute approximate surface area is 86.0 Å². The Kier molecular flexibility index (Phi) is 3.41. The van der Waals surface area contributed by atoms with Crippen LogP contribution >= 0.6 is 0 Å². The predicted molar refractivity (Wildman–Crippen MR) is 54.6 cm³/mol. The number of hydrogen-bond acceptors (Lipinski definition) is 2. The molecular formula is C10H8FN3O. The number of urea groups is 1. The fourth-order valence-electron chi connectivity index (χ4n) is 0.904. The zero-order valence-corrected chi connectivity index (χ0v) is 7.70. The molecule has 0 atom stereocenters. The molecule has 0 saturated carbocycles. The number of primary amides is 1. The van der Waals surface area contributed by atoms with Crippen LogP contribution in [0.1, 0.15) is 11.1 Å². The van der Waals surface area contributed by atoms with Gasteiger partial charge in [-0.2, -0.15) is 5.10 Å². The summed E-state index contributed by atoms with van der Waals surface area (Å²) in [5.41, 5.74) is 7.49. The summed E-state index contributed by atoms with van der Waals surface area (Å²) >= 11 is 0. The molecule has 15 heavy (non-hydrogen) atoms. The molecule has 0 bridgehead atoms. The molecule has 3 N–H and O–H groups in total. The monoisotopic (exact) mass is 205 g/mol. The summed E-state index contributed by atoms with van der Waals surface area (Å²) in [4.78, 5) is 10.3. The van der Waals surface area contributed by atoms with Gasteiger partial charge < -0.3 is 5.73 Å². The lowest BCUT2D eigenvalue weighted by Crippen LogP contribution is -2.24. The van der Waals surface area contributed by atoms with Crippen molar-refractivity contribution in [3.8, 4) is 12.3 Å². The van der Waals surface area contributed by atoms with Crippen LogP contribution in [0, 0.1) is 18.2 Å². The fourth-order valence-corrected chi connectivity index (χ4v) is 0.904. The molecule has 0 heterocycles. The summed E-state index contributed by atoms with van der Waals surface area (Å²) in [5.74, 6) is 1.71. The van der Waals surface area contributed by atoms with Crippen molar-refractivity contribution in [3.63, 3.8) is 0 Å². The number of hydrazone groups is 1. The second kappa shape index (κ2) is 4.77. The molecular weight excluding hydrogens is 197 g/mol. The van der Waals surface area contributed by atoms with E-state index in [4.69, 9.17) is 12.2 Å². The number of carbonyl (C=O) groups excluding carboxylic acids is 1. The Morgan fingerprint density at radius 1 is 1.67 bits per heavy atom. The van der Waals surface area contributed by atoms with Gasteiger partial charge in [-0.05, 0) is 17.7 Å². The highest BCUT2D eigenvalue weighted by molar-refractivity contribution is 5.81. The maximum absolute atomic E-state index is 12.9. The van der Waals surface area contributed by atoms with Crippen LogP contribution in [0.3, 0.4) is 0 Å². The highest BCUT2D eigenvalue weighted by atomic mass is 19.1. The van der Waals surface area contributed by atoms with Crippen LogP contribution in [0.5, 0.6) is 0 Å². The van der Waals surface area contributed by atoms with Crippen LogP contribution in [0.25, 0.3) is 0 Å². The molecule has 0 saturated heterocycles. The molecule has 0 aliphatic carbocycles. The average molecular weight is 205 g/mol. The number of terminal acetylenes is 1. The first-order valence-electron chi connectivity index (χ1n) is 3.98. The van der Waals surface area contributed by atoms with E-state index in [2.05, 4.69) is 11.0 Å². The molecule has 5 heteroatoms. The third-order valence-electron chi connectivity index (χ3n) is 1.53. The number of nitrogens with zero attached hydrogens (tertiary/aromatic N) is 1. The minimum atomic E-state index is -0.773. The lowest BCUT2D eigenvalue weighted by molar-refractivity contribution is 0.249. The largest absolute Gasteiger partial charge is 0.350 e. The van der Waals surface area contributed by atoms with Crippen molar-refractivity contribution < 1.29 is 9.18 Å². The quantitative estimate of drug-likeness (QED) is 0.418. The van der Waals surface area contributed by atoms with Gasteiger partial charge in [-0.1, -0.05) is 12.0 Å². The van der Waals surface area contributed by atoms with Crippen LogP contribution in [-0.4, -0.2) is 12.2 Å². The number of nitrogens with two attached hydrogens (primary N) is 1. The van der Waals surface area contributed by atoms with Gasteiger partial charge in [0, 0.05) is 0 Å².